The van der Waals surface area contributed by atoms with Crippen LogP contribution in [0.2, 0.25) is 0 Å². The van der Waals surface area contributed by atoms with Crippen LogP contribution in [0, 0.1) is 0 Å². The smallest absolute Gasteiger partial charge is 0.419 e. The highest BCUT2D eigenvalue weighted by molar-refractivity contribution is 7.79. The highest BCUT2D eigenvalue weighted by Gasteiger charge is 2.37. The molecule has 20 heavy (non-hydrogen) atoms. The maximum Gasteiger partial charge on any atom is 0.419 e. The molecule has 5 N–H and O–H groups in total. The molecule has 0 radical (unpaired) electrons. The molecule has 0 amide bonds. The van der Waals surface area contributed by atoms with Gasteiger partial charge in [0.2, 0.25) is 0 Å². The Morgan fingerprint density at radius 1 is 1.40 bits per heavy atom. The second-order valence-corrected chi connectivity index (χ2v) is 6.70. The summed E-state index contributed by atoms with van der Waals surface area (Å²) in [5.74, 6) is -1.12. The maximum absolute atomic E-state index is 11.1. The third-order valence-corrected chi connectivity index (χ3v) is 2.79. The van der Waals surface area contributed by atoms with Gasteiger partial charge in [0.15, 0.2) is 0 Å². The normalized spacial score (nSPS) is 15.5. The second kappa shape index (κ2) is 7.76. The van der Waals surface area contributed by atoms with E-state index in [4.69, 9.17) is 25.2 Å². The first-order valence-corrected chi connectivity index (χ1v) is 8.34. The molecule has 0 aliphatic heterocycles. The molecular weight excluding hydrogens is 305 g/mol. The zero-order chi connectivity index (χ0) is 16.0. The Morgan fingerprint density at radius 2 is 1.80 bits per heavy atom. The Kier molecular flexibility index (Phi) is 7.41. The topological polar surface area (TPSA) is 121 Å². The fraction of sp³-hybridized carbons (Fsp3) is 0.417. The van der Waals surface area contributed by atoms with E-state index in [0.717, 1.165) is 5.56 Å². The Morgan fingerprint density at radius 3 is 2.10 bits per heavy atom. The predicted octanol–water partition coefficient (Wildman–Crippen LogP) is 2.30. The molecular formula is C12H19ClNO5P. The van der Waals surface area contributed by atoms with Crippen molar-refractivity contribution in [1.82, 2.24) is 0 Å². The van der Waals surface area contributed by atoms with Gasteiger partial charge in [0.1, 0.15) is 5.54 Å². The van der Waals surface area contributed by atoms with Crippen molar-refractivity contribution in [1.29, 1.82) is 0 Å². The predicted molar refractivity (Wildman–Crippen MR) is 77.6 cm³/mol. The molecule has 0 saturated heterocycles. The fourth-order valence-electron chi connectivity index (χ4n) is 1.84. The van der Waals surface area contributed by atoms with Crippen LogP contribution >= 0.6 is 18.2 Å². The molecule has 6 nitrogen and oxygen atoms in total. The van der Waals surface area contributed by atoms with Crippen molar-refractivity contribution in [2.24, 2.45) is 5.73 Å². The number of hydrogen-bond donors (Lipinski definition) is 4. The van der Waals surface area contributed by atoms with E-state index >= 15 is 0 Å². The zero-order valence-corrected chi connectivity index (χ0v) is 12.9. The van der Waals surface area contributed by atoms with Crippen molar-refractivity contribution < 1.29 is 24.3 Å². The van der Waals surface area contributed by atoms with Gasteiger partial charge in [-0.25, -0.2) is 4.57 Å². The lowest BCUT2D eigenvalue weighted by molar-refractivity contribution is -0.143. The Labute approximate surface area is 122 Å². The molecule has 0 aliphatic rings. The first-order valence-electron chi connectivity index (χ1n) is 5.82. The SMILES string of the molecule is CCC(c1ccccc1)C(C)(N)C(=O)O.O=P(O)(O)Cl. The molecule has 0 aromatic heterocycles. The summed E-state index contributed by atoms with van der Waals surface area (Å²) < 4.78 is 9.09. The van der Waals surface area contributed by atoms with Crippen molar-refractivity contribution in [3.8, 4) is 0 Å². The lowest BCUT2D eigenvalue weighted by Crippen LogP contribution is -2.50. The van der Waals surface area contributed by atoms with Crippen LogP contribution in [0.4, 0.5) is 0 Å². The fourth-order valence-corrected chi connectivity index (χ4v) is 1.84. The summed E-state index contributed by atoms with van der Waals surface area (Å²) in [6.07, 6.45) is 0.712. The van der Waals surface area contributed by atoms with Crippen LogP contribution in [-0.2, 0) is 9.36 Å². The van der Waals surface area contributed by atoms with E-state index < -0.39 is 18.5 Å². The van der Waals surface area contributed by atoms with Crippen molar-refractivity contribution in [2.45, 2.75) is 31.7 Å². The quantitative estimate of drug-likeness (QED) is 0.631. The maximum atomic E-state index is 11.1. The van der Waals surface area contributed by atoms with Gasteiger partial charge in [-0.15, -0.1) is 0 Å². The minimum Gasteiger partial charge on any atom is -0.480 e. The van der Waals surface area contributed by atoms with E-state index in [1.165, 1.54) is 0 Å². The number of hydrogen-bond acceptors (Lipinski definition) is 3. The largest absolute Gasteiger partial charge is 0.480 e. The number of halogens is 1. The molecule has 0 fully saturated rings. The zero-order valence-electron chi connectivity index (χ0n) is 11.2. The summed E-state index contributed by atoms with van der Waals surface area (Å²) in [7, 11) is 0. The number of nitrogens with two attached hydrogens (primary N) is 1. The van der Waals surface area contributed by atoms with E-state index in [-0.39, 0.29) is 5.92 Å². The average molecular weight is 324 g/mol. The number of carboxylic acid groups (broad SMARTS) is 1. The highest BCUT2D eigenvalue weighted by atomic mass is 35.7. The van der Waals surface area contributed by atoms with Crippen LogP contribution in [0.1, 0.15) is 31.7 Å². The van der Waals surface area contributed by atoms with Gasteiger partial charge in [0, 0.05) is 17.2 Å². The van der Waals surface area contributed by atoms with Crippen LogP contribution in [0.15, 0.2) is 30.3 Å². The van der Waals surface area contributed by atoms with E-state index in [0.29, 0.717) is 6.42 Å². The van der Waals surface area contributed by atoms with Crippen molar-refractivity contribution in [3.05, 3.63) is 35.9 Å². The van der Waals surface area contributed by atoms with E-state index in [2.05, 4.69) is 11.2 Å². The van der Waals surface area contributed by atoms with E-state index in [1.807, 2.05) is 37.3 Å². The monoisotopic (exact) mass is 323 g/mol. The van der Waals surface area contributed by atoms with Gasteiger partial charge in [0.05, 0.1) is 0 Å². The molecule has 8 heteroatoms. The van der Waals surface area contributed by atoms with Crippen LogP contribution in [0.25, 0.3) is 0 Å². The summed E-state index contributed by atoms with van der Waals surface area (Å²) >= 11 is 4.20. The molecule has 1 aromatic rings. The third-order valence-electron chi connectivity index (χ3n) is 2.79. The summed E-state index contributed by atoms with van der Waals surface area (Å²) in [6.45, 7) is -0.651. The van der Waals surface area contributed by atoms with Crippen LogP contribution < -0.4 is 5.73 Å². The molecule has 2 atom stereocenters. The summed E-state index contributed by atoms with van der Waals surface area (Å²) in [6, 6.07) is 9.54. The van der Waals surface area contributed by atoms with Gasteiger partial charge in [-0.3, -0.25) is 4.79 Å². The number of carboxylic acids is 1. The number of aliphatic carboxylic acids is 1. The van der Waals surface area contributed by atoms with Gasteiger partial charge < -0.3 is 20.6 Å². The Bertz CT molecular complexity index is 466. The van der Waals surface area contributed by atoms with E-state index in [1.54, 1.807) is 6.92 Å². The first kappa shape index (κ1) is 19.1. The van der Waals surface area contributed by atoms with Crippen LogP contribution in [0.5, 0.6) is 0 Å². The van der Waals surface area contributed by atoms with E-state index in [9.17, 15) is 4.79 Å². The molecule has 114 valence electrons. The molecule has 0 saturated carbocycles. The Balaban J connectivity index is 0.000000621. The average Bonchev–Trinajstić information content (AvgIpc) is 2.28. The molecule has 0 aliphatic carbocycles. The van der Waals surface area contributed by atoms with Crippen molar-refractivity contribution >= 4 is 24.2 Å². The highest BCUT2D eigenvalue weighted by Crippen LogP contribution is 2.39. The van der Waals surface area contributed by atoms with Gasteiger partial charge >= 0.3 is 12.9 Å². The number of rotatable bonds is 4. The first-order chi connectivity index (χ1) is 9.00. The molecule has 1 rings (SSSR count). The van der Waals surface area contributed by atoms with Gasteiger partial charge in [-0.05, 0) is 18.9 Å². The number of benzene rings is 1. The van der Waals surface area contributed by atoms with Gasteiger partial charge in [-0.2, -0.15) is 0 Å². The van der Waals surface area contributed by atoms with Gasteiger partial charge in [-0.1, -0.05) is 37.3 Å². The van der Waals surface area contributed by atoms with Gasteiger partial charge in [0.25, 0.3) is 0 Å². The number of carbonyl (C=O) groups is 1. The molecule has 1 aromatic carbocycles. The summed E-state index contributed by atoms with van der Waals surface area (Å²) in [4.78, 5) is 25.9. The summed E-state index contributed by atoms with van der Waals surface area (Å²) in [5.41, 5.74) is 5.61. The third kappa shape index (κ3) is 7.03. The minimum atomic E-state index is -4.17. The lowest BCUT2D eigenvalue weighted by atomic mass is 9.79. The molecule has 0 spiro atoms. The Hall–Kier alpha value is -0.910. The molecule has 2 unspecified atom stereocenters. The van der Waals surface area contributed by atoms with Crippen molar-refractivity contribution in [3.63, 3.8) is 0 Å². The lowest BCUT2D eigenvalue weighted by Gasteiger charge is -2.29. The van der Waals surface area contributed by atoms with Crippen molar-refractivity contribution in [2.75, 3.05) is 0 Å². The molecule has 0 heterocycles. The van der Waals surface area contributed by atoms with Crippen LogP contribution in [-0.4, -0.2) is 26.4 Å². The minimum absolute atomic E-state index is 0.156. The molecule has 0 bridgehead atoms. The van der Waals surface area contributed by atoms with Crippen LogP contribution in [0.3, 0.4) is 0 Å². The summed E-state index contributed by atoms with van der Waals surface area (Å²) in [5, 5.41) is 9.08. The standard InChI is InChI=1S/C12H17NO2.ClH2O3P/c1-3-10(12(2,13)11(14)15)9-7-5-4-6-8-9;1-5(2,3)4/h4-8,10H,3,13H2,1-2H3,(H,14,15);(H2,2,3,4). The second-order valence-electron chi connectivity index (χ2n) is 4.43.